The van der Waals surface area contributed by atoms with E-state index in [4.69, 9.17) is 0 Å². The van der Waals surface area contributed by atoms with Gasteiger partial charge in [-0.2, -0.15) is 0 Å². The molecule has 0 saturated heterocycles. The molecule has 0 amide bonds. The van der Waals surface area contributed by atoms with Crippen LogP contribution in [-0.2, 0) is 5.41 Å². The van der Waals surface area contributed by atoms with Crippen molar-refractivity contribution in [2.45, 2.75) is 19.3 Å². The minimum atomic E-state index is -0.0192. The SMILES string of the molecule is CC1(C)c2cc3[nH]c4ccccc4c3cc2-c2cccc3cccc1c23. The fraction of sp³-hybridized carbons (Fsp3) is 0.120. The van der Waals surface area contributed by atoms with Gasteiger partial charge in [0.1, 0.15) is 0 Å². The van der Waals surface area contributed by atoms with Gasteiger partial charge in [0.25, 0.3) is 0 Å². The van der Waals surface area contributed by atoms with Crippen LogP contribution in [0.3, 0.4) is 0 Å². The first kappa shape index (κ1) is 14.1. The van der Waals surface area contributed by atoms with Gasteiger partial charge in [-0.1, -0.05) is 68.4 Å². The van der Waals surface area contributed by atoms with Crippen LogP contribution in [0.15, 0.2) is 72.8 Å². The van der Waals surface area contributed by atoms with E-state index in [9.17, 15) is 0 Å². The van der Waals surface area contributed by atoms with Gasteiger partial charge >= 0.3 is 0 Å². The molecule has 1 heterocycles. The summed E-state index contributed by atoms with van der Waals surface area (Å²) < 4.78 is 0. The number of para-hydroxylation sites is 1. The molecule has 0 unspecified atom stereocenters. The lowest BCUT2D eigenvalue weighted by Gasteiger charge is -2.35. The van der Waals surface area contributed by atoms with Gasteiger partial charge in [0, 0.05) is 27.2 Å². The molecule has 0 atom stereocenters. The average Bonchev–Trinajstić information content (AvgIpc) is 3.03. The Morgan fingerprint density at radius 2 is 1.46 bits per heavy atom. The predicted molar refractivity (Wildman–Crippen MR) is 111 cm³/mol. The maximum Gasteiger partial charge on any atom is 0.0468 e. The second kappa shape index (κ2) is 4.56. The zero-order chi connectivity index (χ0) is 17.5. The van der Waals surface area contributed by atoms with Gasteiger partial charge in [0.05, 0.1) is 0 Å². The molecule has 0 fully saturated rings. The Hall–Kier alpha value is -3.06. The molecule has 1 aliphatic carbocycles. The van der Waals surface area contributed by atoms with E-state index < -0.39 is 0 Å². The number of aromatic amines is 1. The van der Waals surface area contributed by atoms with Crippen molar-refractivity contribution in [1.29, 1.82) is 0 Å². The van der Waals surface area contributed by atoms with Crippen molar-refractivity contribution in [2.24, 2.45) is 0 Å². The van der Waals surface area contributed by atoms with Crippen LogP contribution in [0.5, 0.6) is 0 Å². The summed E-state index contributed by atoms with van der Waals surface area (Å²) in [5.41, 5.74) is 7.98. The highest BCUT2D eigenvalue weighted by Gasteiger charge is 2.33. The second-order valence-electron chi connectivity index (χ2n) is 7.95. The predicted octanol–water partition coefficient (Wildman–Crippen LogP) is 6.78. The molecule has 1 aliphatic rings. The van der Waals surface area contributed by atoms with E-state index in [0.29, 0.717) is 0 Å². The molecule has 6 rings (SSSR count). The van der Waals surface area contributed by atoms with Gasteiger partial charge in [-0.25, -0.2) is 0 Å². The molecule has 1 aromatic heterocycles. The summed E-state index contributed by atoms with van der Waals surface area (Å²) in [6.07, 6.45) is 0. The molecule has 0 aliphatic heterocycles. The maximum atomic E-state index is 3.61. The van der Waals surface area contributed by atoms with Gasteiger partial charge in [0.2, 0.25) is 0 Å². The standard InChI is InChI=1S/C25H19N/c1-25(2)20-11-6-8-15-7-5-10-17(24(15)20)18-13-19-16-9-3-4-12-22(16)26-23(19)14-21(18)25/h3-14,26H,1-2H3. The molecule has 124 valence electrons. The minimum absolute atomic E-state index is 0.0192. The molecule has 0 bridgehead atoms. The van der Waals surface area contributed by atoms with E-state index in [1.807, 2.05) is 0 Å². The Morgan fingerprint density at radius 3 is 2.35 bits per heavy atom. The number of hydrogen-bond donors (Lipinski definition) is 1. The summed E-state index contributed by atoms with van der Waals surface area (Å²) in [5, 5.41) is 5.35. The van der Waals surface area contributed by atoms with E-state index >= 15 is 0 Å². The third-order valence-electron chi connectivity index (χ3n) is 6.19. The number of benzene rings is 4. The number of hydrogen-bond acceptors (Lipinski definition) is 0. The highest BCUT2D eigenvalue weighted by Crippen LogP contribution is 2.49. The Balaban J connectivity index is 1.84. The van der Waals surface area contributed by atoms with Gasteiger partial charge in [0.15, 0.2) is 0 Å². The van der Waals surface area contributed by atoms with Gasteiger partial charge in [-0.15, -0.1) is 0 Å². The summed E-state index contributed by atoms with van der Waals surface area (Å²) in [4.78, 5) is 3.61. The summed E-state index contributed by atoms with van der Waals surface area (Å²) in [6.45, 7) is 4.70. The van der Waals surface area contributed by atoms with E-state index in [2.05, 4.69) is 91.6 Å². The van der Waals surface area contributed by atoms with Crippen LogP contribution in [0.25, 0.3) is 43.7 Å². The second-order valence-corrected chi connectivity index (χ2v) is 7.95. The van der Waals surface area contributed by atoms with Crippen molar-refractivity contribution in [3.63, 3.8) is 0 Å². The lowest BCUT2D eigenvalue weighted by molar-refractivity contribution is 0.646. The average molecular weight is 333 g/mol. The first-order valence-electron chi connectivity index (χ1n) is 9.22. The van der Waals surface area contributed by atoms with E-state index in [1.54, 1.807) is 0 Å². The van der Waals surface area contributed by atoms with Crippen LogP contribution in [0, 0.1) is 0 Å². The van der Waals surface area contributed by atoms with Crippen LogP contribution >= 0.6 is 0 Å². The zero-order valence-corrected chi connectivity index (χ0v) is 14.9. The molecule has 0 saturated carbocycles. The fourth-order valence-electron chi connectivity index (χ4n) is 4.87. The topological polar surface area (TPSA) is 15.8 Å². The van der Waals surface area contributed by atoms with E-state index in [0.717, 1.165) is 0 Å². The molecule has 0 radical (unpaired) electrons. The molecule has 1 N–H and O–H groups in total. The third kappa shape index (κ3) is 1.61. The van der Waals surface area contributed by atoms with Crippen molar-refractivity contribution in [1.82, 2.24) is 4.98 Å². The monoisotopic (exact) mass is 333 g/mol. The first-order valence-corrected chi connectivity index (χ1v) is 9.22. The largest absolute Gasteiger partial charge is 0.355 e. The van der Waals surface area contributed by atoms with Crippen molar-refractivity contribution < 1.29 is 0 Å². The van der Waals surface area contributed by atoms with Crippen LogP contribution in [0.1, 0.15) is 25.0 Å². The smallest absolute Gasteiger partial charge is 0.0468 e. The first-order chi connectivity index (χ1) is 12.6. The van der Waals surface area contributed by atoms with Crippen molar-refractivity contribution in [3.8, 4) is 11.1 Å². The number of fused-ring (bicyclic) bond motifs is 5. The van der Waals surface area contributed by atoms with Gasteiger partial charge in [-0.3, -0.25) is 0 Å². The summed E-state index contributed by atoms with van der Waals surface area (Å²) >= 11 is 0. The van der Waals surface area contributed by atoms with Crippen molar-refractivity contribution in [3.05, 3.63) is 83.9 Å². The quantitative estimate of drug-likeness (QED) is 0.321. The Kier molecular flexibility index (Phi) is 2.48. The summed E-state index contributed by atoms with van der Waals surface area (Å²) in [6, 6.07) is 26.8. The number of nitrogens with one attached hydrogen (secondary N) is 1. The van der Waals surface area contributed by atoms with Crippen molar-refractivity contribution in [2.75, 3.05) is 0 Å². The highest BCUT2D eigenvalue weighted by molar-refractivity contribution is 6.11. The maximum absolute atomic E-state index is 3.61. The normalized spacial score (nSPS) is 14.8. The molecular weight excluding hydrogens is 314 g/mol. The Labute approximate surface area is 152 Å². The molecule has 1 nitrogen and oxygen atoms in total. The van der Waals surface area contributed by atoms with Gasteiger partial charge in [-0.05, 0) is 51.2 Å². The van der Waals surface area contributed by atoms with E-state index in [1.165, 1.54) is 54.8 Å². The molecule has 0 spiro atoms. The lowest BCUT2D eigenvalue weighted by Crippen LogP contribution is -2.23. The molecule has 4 aromatic carbocycles. The third-order valence-corrected chi connectivity index (χ3v) is 6.19. The highest BCUT2D eigenvalue weighted by atomic mass is 14.7. The van der Waals surface area contributed by atoms with Crippen molar-refractivity contribution >= 4 is 32.6 Å². The van der Waals surface area contributed by atoms with Crippen LogP contribution in [0.2, 0.25) is 0 Å². The van der Waals surface area contributed by atoms with Gasteiger partial charge < -0.3 is 4.98 Å². The zero-order valence-electron chi connectivity index (χ0n) is 14.9. The van der Waals surface area contributed by atoms with Crippen LogP contribution in [-0.4, -0.2) is 4.98 Å². The summed E-state index contributed by atoms with van der Waals surface area (Å²) in [5.74, 6) is 0. The molecule has 5 aromatic rings. The van der Waals surface area contributed by atoms with E-state index in [-0.39, 0.29) is 5.41 Å². The summed E-state index contributed by atoms with van der Waals surface area (Å²) in [7, 11) is 0. The minimum Gasteiger partial charge on any atom is -0.355 e. The van der Waals surface area contributed by atoms with Crippen LogP contribution in [0.4, 0.5) is 0 Å². The Morgan fingerprint density at radius 1 is 0.654 bits per heavy atom. The Bertz CT molecular complexity index is 1350. The number of rotatable bonds is 0. The fourth-order valence-corrected chi connectivity index (χ4v) is 4.87. The lowest BCUT2D eigenvalue weighted by atomic mass is 9.68. The molecular formula is C25H19N. The molecule has 1 heteroatoms. The van der Waals surface area contributed by atoms with Crippen LogP contribution < -0.4 is 0 Å². The number of H-pyrrole nitrogens is 1. The number of aromatic nitrogens is 1. The molecule has 26 heavy (non-hydrogen) atoms.